The molecule has 0 aromatic heterocycles. The maximum absolute atomic E-state index is 9.20. The second kappa shape index (κ2) is 5.39. The molecule has 0 spiro atoms. The fraction of sp³-hybridized carbons (Fsp3) is 0.200. The van der Waals surface area contributed by atoms with Crippen LogP contribution in [0.4, 0.5) is 0 Å². The summed E-state index contributed by atoms with van der Waals surface area (Å²) in [7, 11) is 0. The predicted octanol–water partition coefficient (Wildman–Crippen LogP) is 3.18. The van der Waals surface area contributed by atoms with E-state index < -0.39 is 0 Å². The molecule has 1 aliphatic rings. The normalized spacial score (nSPS) is 19.1. The first-order valence-electron chi connectivity index (χ1n) is 5.87. The van der Waals surface area contributed by atoms with E-state index in [4.69, 9.17) is 0 Å². The second-order valence-corrected chi connectivity index (χ2v) is 4.00. The lowest BCUT2D eigenvalue weighted by Crippen LogP contribution is -2.28. The summed E-state index contributed by atoms with van der Waals surface area (Å²) in [5, 5.41) is 9.20. The van der Waals surface area contributed by atoms with Crippen molar-refractivity contribution in [2.45, 2.75) is 13.0 Å². The summed E-state index contributed by atoms with van der Waals surface area (Å²) >= 11 is 0. The minimum Gasteiger partial charge on any atom is -0.508 e. The molecular formula is C15H17NO. The number of hydrogen-bond acceptors (Lipinski definition) is 2. The third kappa shape index (κ3) is 3.00. The van der Waals surface area contributed by atoms with Crippen molar-refractivity contribution in [3.63, 3.8) is 0 Å². The van der Waals surface area contributed by atoms with Crippen LogP contribution < -0.4 is 0 Å². The number of aromatic hydroxyl groups is 1. The molecule has 0 fully saturated rings. The topological polar surface area (TPSA) is 23.5 Å². The third-order valence-electron chi connectivity index (χ3n) is 2.82. The van der Waals surface area contributed by atoms with Gasteiger partial charge in [-0.15, -0.1) is 0 Å². The van der Waals surface area contributed by atoms with Crippen LogP contribution in [0.15, 0.2) is 54.8 Å². The van der Waals surface area contributed by atoms with Gasteiger partial charge in [0.15, 0.2) is 0 Å². The van der Waals surface area contributed by atoms with Gasteiger partial charge in [0.1, 0.15) is 5.75 Å². The fourth-order valence-electron chi connectivity index (χ4n) is 1.83. The SMILES string of the molecule is CCN1C=CC=CC1C=Cc1ccc(O)cc1. The third-order valence-corrected chi connectivity index (χ3v) is 2.82. The maximum Gasteiger partial charge on any atom is 0.115 e. The van der Waals surface area contributed by atoms with Crippen molar-refractivity contribution < 1.29 is 5.11 Å². The predicted molar refractivity (Wildman–Crippen MR) is 71.6 cm³/mol. The molecule has 0 radical (unpaired) electrons. The molecule has 17 heavy (non-hydrogen) atoms. The Morgan fingerprint density at radius 1 is 1.24 bits per heavy atom. The van der Waals surface area contributed by atoms with Crippen LogP contribution in [0.25, 0.3) is 6.08 Å². The van der Waals surface area contributed by atoms with Crippen LogP contribution in [0, 0.1) is 0 Å². The minimum absolute atomic E-state index is 0.304. The van der Waals surface area contributed by atoms with E-state index in [0.717, 1.165) is 12.1 Å². The van der Waals surface area contributed by atoms with Gasteiger partial charge < -0.3 is 10.0 Å². The molecule has 1 aliphatic heterocycles. The largest absolute Gasteiger partial charge is 0.508 e. The number of phenolic OH excluding ortho intramolecular Hbond substituents is 1. The van der Waals surface area contributed by atoms with E-state index in [9.17, 15) is 5.11 Å². The lowest BCUT2D eigenvalue weighted by atomic mass is 10.1. The van der Waals surface area contributed by atoms with Gasteiger partial charge in [-0.25, -0.2) is 0 Å². The molecule has 88 valence electrons. The van der Waals surface area contributed by atoms with Crippen molar-refractivity contribution in [1.82, 2.24) is 4.90 Å². The second-order valence-electron chi connectivity index (χ2n) is 4.00. The summed E-state index contributed by atoms with van der Waals surface area (Å²) in [5.74, 6) is 0.304. The van der Waals surface area contributed by atoms with E-state index in [1.54, 1.807) is 12.1 Å². The minimum atomic E-state index is 0.304. The Morgan fingerprint density at radius 2 is 2.00 bits per heavy atom. The Kier molecular flexibility index (Phi) is 3.66. The van der Waals surface area contributed by atoms with E-state index in [1.165, 1.54) is 0 Å². The average molecular weight is 227 g/mol. The highest BCUT2D eigenvalue weighted by molar-refractivity contribution is 5.51. The molecule has 0 amide bonds. The molecule has 1 aromatic carbocycles. The van der Waals surface area contributed by atoms with Crippen LogP contribution in [0.1, 0.15) is 12.5 Å². The average Bonchev–Trinajstić information content (AvgIpc) is 2.38. The number of hydrogen-bond donors (Lipinski definition) is 1. The van der Waals surface area contributed by atoms with E-state index in [1.807, 2.05) is 18.2 Å². The van der Waals surface area contributed by atoms with E-state index in [2.05, 4.69) is 42.3 Å². The molecule has 2 heteroatoms. The number of nitrogens with zero attached hydrogens (tertiary/aromatic N) is 1. The van der Waals surface area contributed by atoms with Crippen molar-refractivity contribution >= 4 is 6.08 Å². The van der Waals surface area contributed by atoms with Crippen LogP contribution in [-0.4, -0.2) is 22.6 Å². The van der Waals surface area contributed by atoms with E-state index in [-0.39, 0.29) is 0 Å². The Labute approximate surface area is 102 Å². The number of phenols is 1. The van der Waals surface area contributed by atoms with Crippen LogP contribution >= 0.6 is 0 Å². The first kappa shape index (κ1) is 11.5. The number of allylic oxidation sites excluding steroid dienone is 2. The van der Waals surface area contributed by atoms with Crippen molar-refractivity contribution in [2.24, 2.45) is 0 Å². The molecule has 1 heterocycles. The summed E-state index contributed by atoms with van der Waals surface area (Å²) in [6.07, 6.45) is 12.6. The van der Waals surface area contributed by atoms with Crippen LogP contribution in [0.3, 0.4) is 0 Å². The summed E-state index contributed by atoms with van der Waals surface area (Å²) in [5.41, 5.74) is 1.10. The zero-order chi connectivity index (χ0) is 12.1. The fourth-order valence-corrected chi connectivity index (χ4v) is 1.83. The highest BCUT2D eigenvalue weighted by atomic mass is 16.3. The molecule has 0 aliphatic carbocycles. The van der Waals surface area contributed by atoms with Gasteiger partial charge in [0.2, 0.25) is 0 Å². The molecule has 2 rings (SSSR count). The molecule has 1 atom stereocenters. The molecule has 1 N–H and O–H groups in total. The molecule has 0 saturated heterocycles. The monoisotopic (exact) mass is 227 g/mol. The van der Waals surface area contributed by atoms with Crippen molar-refractivity contribution in [1.29, 1.82) is 0 Å². The Hall–Kier alpha value is -1.96. The van der Waals surface area contributed by atoms with Gasteiger partial charge in [-0.1, -0.05) is 36.4 Å². The van der Waals surface area contributed by atoms with E-state index in [0.29, 0.717) is 11.8 Å². The van der Waals surface area contributed by atoms with E-state index >= 15 is 0 Å². The highest BCUT2D eigenvalue weighted by Gasteiger charge is 2.08. The van der Waals surface area contributed by atoms with Gasteiger partial charge in [-0.3, -0.25) is 0 Å². The first-order chi connectivity index (χ1) is 8.29. The Balaban J connectivity index is 2.07. The Bertz CT molecular complexity index is 442. The molecule has 0 saturated carbocycles. The van der Waals surface area contributed by atoms with Gasteiger partial charge in [-0.2, -0.15) is 0 Å². The lowest BCUT2D eigenvalue weighted by molar-refractivity contribution is 0.376. The van der Waals surface area contributed by atoms with Gasteiger partial charge in [0, 0.05) is 6.54 Å². The van der Waals surface area contributed by atoms with Gasteiger partial charge >= 0.3 is 0 Å². The number of likely N-dealkylation sites (N-methyl/N-ethyl adjacent to an activating group) is 1. The molecule has 1 unspecified atom stereocenters. The van der Waals surface area contributed by atoms with Crippen LogP contribution in [-0.2, 0) is 0 Å². The smallest absolute Gasteiger partial charge is 0.115 e. The summed E-state index contributed by atoms with van der Waals surface area (Å²) in [4.78, 5) is 2.26. The van der Waals surface area contributed by atoms with Gasteiger partial charge in [0.05, 0.1) is 6.04 Å². The molecule has 0 bridgehead atoms. The standard InChI is InChI=1S/C15H17NO/c1-2-16-12-4-3-5-14(16)9-6-13-7-10-15(17)11-8-13/h3-12,14,17H,2H2,1H3. The van der Waals surface area contributed by atoms with Crippen molar-refractivity contribution in [2.75, 3.05) is 6.54 Å². The highest BCUT2D eigenvalue weighted by Crippen LogP contribution is 2.14. The Morgan fingerprint density at radius 3 is 2.71 bits per heavy atom. The molecular weight excluding hydrogens is 210 g/mol. The maximum atomic E-state index is 9.20. The molecule has 2 nitrogen and oxygen atoms in total. The quantitative estimate of drug-likeness (QED) is 0.857. The van der Waals surface area contributed by atoms with Crippen LogP contribution in [0.5, 0.6) is 5.75 Å². The van der Waals surface area contributed by atoms with Crippen LogP contribution in [0.2, 0.25) is 0 Å². The van der Waals surface area contributed by atoms with Gasteiger partial charge in [-0.05, 0) is 36.9 Å². The zero-order valence-corrected chi connectivity index (χ0v) is 9.95. The first-order valence-corrected chi connectivity index (χ1v) is 5.87. The number of benzene rings is 1. The summed E-state index contributed by atoms with van der Waals surface area (Å²) in [6.45, 7) is 3.14. The lowest BCUT2D eigenvalue weighted by Gasteiger charge is -2.26. The molecule has 1 aromatic rings. The van der Waals surface area contributed by atoms with Gasteiger partial charge in [0.25, 0.3) is 0 Å². The summed E-state index contributed by atoms with van der Waals surface area (Å²) in [6, 6.07) is 7.54. The number of rotatable bonds is 3. The summed E-state index contributed by atoms with van der Waals surface area (Å²) < 4.78 is 0. The zero-order valence-electron chi connectivity index (χ0n) is 9.95. The van der Waals surface area contributed by atoms with Crippen molar-refractivity contribution in [3.05, 3.63) is 60.3 Å². The van der Waals surface area contributed by atoms with Crippen molar-refractivity contribution in [3.8, 4) is 5.75 Å².